The van der Waals surface area contributed by atoms with Gasteiger partial charge in [0.2, 0.25) is 0 Å². The van der Waals surface area contributed by atoms with Crippen molar-refractivity contribution in [2.24, 2.45) is 0 Å². The topological polar surface area (TPSA) is 105 Å². The minimum Gasteiger partial charge on any atom is -0.379 e. The quantitative estimate of drug-likeness (QED) is 0.0625. The van der Waals surface area contributed by atoms with Gasteiger partial charge in [0.25, 0.3) is 0 Å². The van der Waals surface area contributed by atoms with Crippen molar-refractivity contribution in [1.82, 2.24) is 0 Å². The van der Waals surface area contributed by atoms with Crippen LogP contribution in [0.15, 0.2) is 12.2 Å². The minimum atomic E-state index is -4.56. The van der Waals surface area contributed by atoms with Gasteiger partial charge in [-0.05, 0) is 32.1 Å². The van der Waals surface area contributed by atoms with Gasteiger partial charge in [0.05, 0.1) is 13.2 Å². The molecule has 0 aliphatic rings. The van der Waals surface area contributed by atoms with Gasteiger partial charge in [-0.1, -0.05) is 76.9 Å². The van der Waals surface area contributed by atoms with E-state index >= 15 is 0 Å². The molecule has 0 fully saturated rings. The molecule has 0 saturated heterocycles. The summed E-state index contributed by atoms with van der Waals surface area (Å²) in [7, 11) is -4.56. The van der Waals surface area contributed by atoms with Gasteiger partial charge in [0.15, 0.2) is 0 Å². The Kier molecular flexibility index (Phi) is 20.8. The van der Waals surface area contributed by atoms with Crippen LogP contribution >= 0.6 is 7.82 Å². The van der Waals surface area contributed by atoms with Crippen molar-refractivity contribution < 1.29 is 33.8 Å². The smallest absolute Gasteiger partial charge is 0.379 e. The van der Waals surface area contributed by atoms with Crippen molar-refractivity contribution in [3.63, 3.8) is 0 Å². The predicted octanol–water partition coefficient (Wildman–Crippen LogP) is 6.01. The maximum Gasteiger partial charge on any atom is 0.469 e. The molecular weight excluding hydrogens is 395 g/mol. The maximum absolute atomic E-state index is 10.6. The van der Waals surface area contributed by atoms with Gasteiger partial charge in [0.1, 0.15) is 6.10 Å². The lowest BCUT2D eigenvalue weighted by atomic mass is 10.1. The highest BCUT2D eigenvalue weighted by Gasteiger charge is 2.19. The van der Waals surface area contributed by atoms with Gasteiger partial charge in [-0.3, -0.25) is 9.78 Å². The second-order valence-corrected chi connectivity index (χ2v) is 8.77. The zero-order chi connectivity index (χ0) is 21.6. The molecule has 0 aliphatic carbocycles. The van der Waals surface area contributed by atoms with Crippen LogP contribution in [0.1, 0.15) is 96.8 Å². The third kappa shape index (κ3) is 23.9. The molecule has 0 aromatic carbocycles. The average molecular weight is 439 g/mol. The number of allylic oxidation sites excluding steroid dienone is 2. The van der Waals surface area contributed by atoms with Gasteiger partial charge in [0, 0.05) is 6.61 Å². The largest absolute Gasteiger partial charge is 0.469 e. The Hall–Kier alpha value is -0.270. The fourth-order valence-corrected chi connectivity index (χ4v) is 3.32. The number of hydrogen-bond acceptors (Lipinski definition) is 5. The van der Waals surface area contributed by atoms with Crippen LogP contribution in [0.4, 0.5) is 0 Å². The minimum absolute atomic E-state index is 0.0293. The van der Waals surface area contributed by atoms with Crippen molar-refractivity contribution in [1.29, 1.82) is 0 Å². The zero-order valence-electron chi connectivity index (χ0n) is 18.2. The summed E-state index contributed by atoms with van der Waals surface area (Å²) in [6.07, 6.45) is 21.2. The van der Waals surface area contributed by atoms with Crippen LogP contribution in [-0.2, 0) is 18.7 Å². The van der Waals surface area contributed by atoms with Crippen molar-refractivity contribution in [2.45, 2.75) is 103 Å². The molecule has 0 unspecified atom stereocenters. The Morgan fingerprint density at radius 3 is 1.83 bits per heavy atom. The first kappa shape index (κ1) is 28.7. The standard InChI is InChI=1S/C21H43O7P/c1-2-3-4-5-6-7-8-9-10-11-12-13-14-15-16-17-18-26-19-21(28-22)20-27-29(23,24)25/h9-10,21-22H,2-8,11-20H2,1H3,(H2,23,24,25)/b10-9-/t21-/m1/s1. The Morgan fingerprint density at radius 1 is 0.793 bits per heavy atom. The highest BCUT2D eigenvalue weighted by atomic mass is 31.2. The highest BCUT2D eigenvalue weighted by molar-refractivity contribution is 7.46. The first-order chi connectivity index (χ1) is 14.0. The summed E-state index contributed by atoms with van der Waals surface area (Å²) in [5, 5.41) is 8.65. The molecule has 3 N–H and O–H groups in total. The van der Waals surface area contributed by atoms with Gasteiger partial charge >= 0.3 is 7.82 Å². The lowest BCUT2D eigenvalue weighted by Crippen LogP contribution is -2.24. The van der Waals surface area contributed by atoms with E-state index in [2.05, 4.69) is 28.5 Å². The van der Waals surface area contributed by atoms with Crippen molar-refractivity contribution in [2.75, 3.05) is 19.8 Å². The monoisotopic (exact) mass is 438 g/mol. The number of hydrogen-bond donors (Lipinski definition) is 3. The molecule has 1 atom stereocenters. The van der Waals surface area contributed by atoms with Crippen LogP contribution < -0.4 is 0 Å². The van der Waals surface area contributed by atoms with Gasteiger partial charge in [-0.25, -0.2) is 9.45 Å². The van der Waals surface area contributed by atoms with E-state index in [1.54, 1.807) is 0 Å². The SMILES string of the molecule is CCCCCCCC/C=C\CCCCCCCCOC[C@H](COP(=O)(O)O)OO. The molecule has 0 saturated carbocycles. The first-order valence-corrected chi connectivity index (χ1v) is 12.8. The molecule has 7 nitrogen and oxygen atoms in total. The predicted molar refractivity (Wildman–Crippen MR) is 116 cm³/mol. The molecule has 0 radical (unpaired) electrons. The molecule has 0 spiro atoms. The fraction of sp³-hybridized carbons (Fsp3) is 0.905. The maximum atomic E-state index is 10.6. The highest BCUT2D eigenvalue weighted by Crippen LogP contribution is 2.35. The Balaban J connectivity index is 3.30. The van der Waals surface area contributed by atoms with Crippen LogP contribution in [0, 0.1) is 0 Å². The van der Waals surface area contributed by atoms with Crippen molar-refractivity contribution >= 4 is 7.82 Å². The van der Waals surface area contributed by atoms with E-state index in [0.717, 1.165) is 12.8 Å². The van der Waals surface area contributed by atoms with Crippen LogP contribution in [0.5, 0.6) is 0 Å². The Morgan fingerprint density at radius 2 is 1.31 bits per heavy atom. The summed E-state index contributed by atoms with van der Waals surface area (Å²) in [5.74, 6) is 0. The molecule has 0 amide bonds. The molecule has 174 valence electrons. The Bertz CT molecular complexity index is 412. The third-order valence-electron chi connectivity index (χ3n) is 4.68. The van der Waals surface area contributed by atoms with Crippen molar-refractivity contribution in [3.05, 3.63) is 12.2 Å². The molecule has 0 aliphatic heterocycles. The second kappa shape index (κ2) is 21.0. The van der Waals surface area contributed by atoms with Gasteiger partial charge in [-0.2, -0.15) is 0 Å². The lowest BCUT2D eigenvalue weighted by Gasteiger charge is -2.14. The van der Waals surface area contributed by atoms with Crippen LogP contribution in [0.2, 0.25) is 0 Å². The molecule has 29 heavy (non-hydrogen) atoms. The Labute approximate surface area is 177 Å². The number of phosphoric ester groups is 1. The van der Waals surface area contributed by atoms with E-state index in [4.69, 9.17) is 19.8 Å². The van der Waals surface area contributed by atoms with E-state index in [9.17, 15) is 4.57 Å². The van der Waals surface area contributed by atoms with E-state index in [-0.39, 0.29) is 6.61 Å². The van der Waals surface area contributed by atoms with Crippen LogP contribution in [0.25, 0.3) is 0 Å². The van der Waals surface area contributed by atoms with Crippen LogP contribution in [0.3, 0.4) is 0 Å². The zero-order valence-corrected chi connectivity index (χ0v) is 19.1. The first-order valence-electron chi connectivity index (χ1n) is 11.2. The summed E-state index contributed by atoms with van der Waals surface area (Å²) in [6.45, 7) is 2.38. The van der Waals surface area contributed by atoms with E-state index in [1.807, 2.05) is 0 Å². The number of unbranched alkanes of at least 4 members (excludes halogenated alkanes) is 12. The summed E-state index contributed by atoms with van der Waals surface area (Å²) in [5.41, 5.74) is 0. The second-order valence-electron chi connectivity index (χ2n) is 7.53. The normalized spacial score (nSPS) is 13.4. The number of rotatable bonds is 22. The number of ether oxygens (including phenoxy) is 1. The molecule has 0 rings (SSSR count). The van der Waals surface area contributed by atoms with Crippen LogP contribution in [-0.4, -0.2) is 41.0 Å². The van der Waals surface area contributed by atoms with E-state index in [1.165, 1.54) is 77.0 Å². The summed E-state index contributed by atoms with van der Waals surface area (Å²) in [6, 6.07) is 0. The molecule has 0 bridgehead atoms. The van der Waals surface area contributed by atoms with Gasteiger partial charge < -0.3 is 14.5 Å². The van der Waals surface area contributed by atoms with E-state index < -0.39 is 20.5 Å². The lowest BCUT2D eigenvalue weighted by molar-refractivity contribution is -0.292. The van der Waals surface area contributed by atoms with Gasteiger partial charge in [-0.15, -0.1) is 0 Å². The fourth-order valence-electron chi connectivity index (χ4n) is 2.96. The molecule has 0 aromatic rings. The molecule has 0 heterocycles. The molecule has 8 heteroatoms. The summed E-state index contributed by atoms with van der Waals surface area (Å²) >= 11 is 0. The van der Waals surface area contributed by atoms with Crippen molar-refractivity contribution in [3.8, 4) is 0 Å². The summed E-state index contributed by atoms with van der Waals surface area (Å²) < 4.78 is 20.2. The average Bonchev–Trinajstić information content (AvgIpc) is 2.68. The third-order valence-corrected chi connectivity index (χ3v) is 5.17. The molecule has 0 aromatic heterocycles. The molecular formula is C21H43O7P. The number of phosphoric acid groups is 1. The van der Waals surface area contributed by atoms with E-state index in [0.29, 0.717) is 6.61 Å². The summed E-state index contributed by atoms with van der Waals surface area (Å²) in [4.78, 5) is 21.3.